The first kappa shape index (κ1) is 25.7. The molecule has 9 heteroatoms. The summed E-state index contributed by atoms with van der Waals surface area (Å²) in [4.78, 5) is 28.7. The summed E-state index contributed by atoms with van der Waals surface area (Å²) in [7, 11) is 1.37. The van der Waals surface area contributed by atoms with Gasteiger partial charge < -0.3 is 29.2 Å². The Hall–Kier alpha value is -2.52. The lowest BCUT2D eigenvalue weighted by atomic mass is 10.1. The van der Waals surface area contributed by atoms with Crippen LogP contribution < -0.4 is 19.7 Å². The second kappa shape index (κ2) is 13.1. The minimum Gasteiger partial charge on any atom is -0.492 e. The van der Waals surface area contributed by atoms with Crippen LogP contribution in [0.4, 0.5) is 11.4 Å². The van der Waals surface area contributed by atoms with Gasteiger partial charge in [-0.05, 0) is 20.4 Å². The third-order valence-corrected chi connectivity index (χ3v) is 5.24. The van der Waals surface area contributed by atoms with Gasteiger partial charge in [-0.2, -0.15) is 0 Å². The van der Waals surface area contributed by atoms with E-state index in [2.05, 4.69) is 10.2 Å². The van der Waals surface area contributed by atoms with E-state index in [1.807, 2.05) is 37.8 Å². The Kier molecular flexibility index (Phi) is 10.6. The average molecular weight is 452 g/mol. The normalized spacial score (nSPS) is 14.8. The van der Waals surface area contributed by atoms with Crippen LogP contribution in [0.2, 0.25) is 0 Å². The second-order valence-corrected chi connectivity index (χ2v) is 7.58. The Morgan fingerprint density at radius 2 is 1.78 bits per heavy atom. The van der Waals surface area contributed by atoms with Crippen molar-refractivity contribution in [3.05, 3.63) is 12.1 Å². The van der Waals surface area contributed by atoms with Crippen LogP contribution in [0.1, 0.15) is 27.7 Å². The molecule has 1 saturated heterocycles. The highest BCUT2D eigenvalue weighted by atomic mass is 16.5. The molecule has 1 aliphatic rings. The van der Waals surface area contributed by atoms with Gasteiger partial charge in [0.15, 0.2) is 0 Å². The quantitative estimate of drug-likeness (QED) is 0.485. The number of nitrogens with zero attached hydrogens (tertiary/aromatic N) is 2. The summed E-state index contributed by atoms with van der Waals surface area (Å²) in [5, 5.41) is 2.96. The van der Waals surface area contributed by atoms with Crippen molar-refractivity contribution in [2.45, 2.75) is 27.7 Å². The van der Waals surface area contributed by atoms with Crippen molar-refractivity contribution in [2.75, 3.05) is 76.5 Å². The van der Waals surface area contributed by atoms with Crippen LogP contribution in [-0.2, 0) is 19.1 Å². The molecule has 1 heterocycles. The van der Waals surface area contributed by atoms with Crippen molar-refractivity contribution in [2.24, 2.45) is 5.92 Å². The number of carbonyl (C=O) groups excluding carboxylic acids is 2. The van der Waals surface area contributed by atoms with Crippen LogP contribution in [0.5, 0.6) is 11.5 Å². The minimum atomic E-state index is -0.316. The number of ether oxygens (including phenoxy) is 4. The number of rotatable bonds is 12. The van der Waals surface area contributed by atoms with Crippen LogP contribution in [-0.4, -0.2) is 83.0 Å². The highest BCUT2D eigenvalue weighted by Crippen LogP contribution is 2.39. The lowest BCUT2D eigenvalue weighted by Gasteiger charge is -2.31. The van der Waals surface area contributed by atoms with E-state index in [0.717, 1.165) is 18.8 Å². The lowest BCUT2D eigenvalue weighted by Crippen LogP contribution is -2.38. The molecule has 180 valence electrons. The maximum atomic E-state index is 12.8. The fourth-order valence-corrected chi connectivity index (χ4v) is 3.61. The number of esters is 1. The van der Waals surface area contributed by atoms with E-state index in [-0.39, 0.29) is 24.3 Å². The first-order valence-electron chi connectivity index (χ1n) is 11.3. The summed E-state index contributed by atoms with van der Waals surface area (Å²) in [6.45, 7) is 12.6. The summed E-state index contributed by atoms with van der Waals surface area (Å²) < 4.78 is 22.0. The predicted octanol–water partition coefficient (Wildman–Crippen LogP) is 2.39. The summed E-state index contributed by atoms with van der Waals surface area (Å²) in [5.41, 5.74) is 1.49. The summed E-state index contributed by atoms with van der Waals surface area (Å²) in [6.07, 6.45) is 0. The Morgan fingerprint density at radius 1 is 1.12 bits per heavy atom. The van der Waals surface area contributed by atoms with Crippen molar-refractivity contribution in [1.29, 1.82) is 0 Å². The molecular weight excluding hydrogens is 414 g/mol. The van der Waals surface area contributed by atoms with Crippen LogP contribution in [0.25, 0.3) is 0 Å². The Balaban J connectivity index is 2.19. The zero-order valence-corrected chi connectivity index (χ0v) is 19.9. The number of carbonyl (C=O) groups is 2. The molecule has 32 heavy (non-hydrogen) atoms. The number of likely N-dealkylation sites (N-methyl/N-ethyl adjacent to an activating group) is 1. The number of amides is 1. The predicted molar refractivity (Wildman–Crippen MR) is 124 cm³/mol. The summed E-state index contributed by atoms with van der Waals surface area (Å²) in [6, 6.07) is 3.75. The molecular formula is C23H37N3O6. The molecule has 0 saturated carbocycles. The molecule has 9 nitrogen and oxygen atoms in total. The number of morpholine rings is 1. The molecule has 0 spiro atoms. The molecule has 1 fully saturated rings. The Bertz CT molecular complexity index is 751. The van der Waals surface area contributed by atoms with Gasteiger partial charge in [-0.1, -0.05) is 13.8 Å². The van der Waals surface area contributed by atoms with E-state index in [1.165, 1.54) is 7.11 Å². The van der Waals surface area contributed by atoms with Gasteiger partial charge in [-0.15, -0.1) is 0 Å². The van der Waals surface area contributed by atoms with E-state index in [4.69, 9.17) is 18.9 Å². The van der Waals surface area contributed by atoms with Crippen LogP contribution in [0.15, 0.2) is 12.1 Å². The van der Waals surface area contributed by atoms with E-state index >= 15 is 0 Å². The largest absolute Gasteiger partial charge is 0.492 e. The first-order valence-corrected chi connectivity index (χ1v) is 11.3. The molecule has 1 N–H and O–H groups in total. The highest BCUT2D eigenvalue weighted by Gasteiger charge is 2.22. The van der Waals surface area contributed by atoms with Crippen molar-refractivity contribution >= 4 is 23.3 Å². The van der Waals surface area contributed by atoms with Crippen LogP contribution in [0.3, 0.4) is 0 Å². The molecule has 2 rings (SSSR count). The maximum absolute atomic E-state index is 12.8. The number of benzene rings is 1. The van der Waals surface area contributed by atoms with Crippen LogP contribution >= 0.6 is 0 Å². The molecule has 1 atom stereocenters. The third-order valence-electron chi connectivity index (χ3n) is 5.24. The molecule has 0 bridgehead atoms. The summed E-state index contributed by atoms with van der Waals surface area (Å²) in [5.74, 6) is 0.495. The molecule has 1 aromatic carbocycles. The van der Waals surface area contributed by atoms with Gasteiger partial charge in [-0.25, -0.2) is 0 Å². The number of methoxy groups -OCH3 is 1. The van der Waals surface area contributed by atoms with Gasteiger partial charge in [-0.3, -0.25) is 14.5 Å². The van der Waals surface area contributed by atoms with Gasteiger partial charge in [0.25, 0.3) is 0 Å². The third kappa shape index (κ3) is 7.27. The lowest BCUT2D eigenvalue weighted by molar-refractivity contribution is -0.145. The number of hydrogen-bond donors (Lipinski definition) is 1. The Labute approximate surface area is 190 Å². The second-order valence-electron chi connectivity index (χ2n) is 7.58. The fraction of sp³-hybridized carbons (Fsp3) is 0.652. The summed E-state index contributed by atoms with van der Waals surface area (Å²) >= 11 is 0. The van der Waals surface area contributed by atoms with Crippen LogP contribution in [0, 0.1) is 5.92 Å². The highest BCUT2D eigenvalue weighted by molar-refractivity contribution is 5.94. The van der Waals surface area contributed by atoms with Crippen molar-refractivity contribution in [3.63, 3.8) is 0 Å². The molecule has 0 aliphatic carbocycles. The first-order chi connectivity index (χ1) is 15.4. The molecule has 0 radical (unpaired) electrons. The number of nitrogens with one attached hydrogen (secondary N) is 1. The van der Waals surface area contributed by atoms with Gasteiger partial charge in [0.1, 0.15) is 11.5 Å². The SMILES string of the molecule is CCOc1cc(N2CCOCC2)c(OCC)cc1NC(=O)CN(CC)CC(C)C(=O)OC. The maximum Gasteiger partial charge on any atom is 0.309 e. The molecule has 0 aromatic heterocycles. The van der Waals surface area contributed by atoms with Crippen molar-refractivity contribution in [3.8, 4) is 11.5 Å². The standard InChI is InChI=1S/C23H37N3O6/c1-6-25(15-17(4)23(28)29-5)16-22(27)24-18-13-21(32-8-3)19(14-20(18)31-7-2)26-9-11-30-12-10-26/h13-14,17H,6-12,15-16H2,1-5H3,(H,24,27). The smallest absolute Gasteiger partial charge is 0.309 e. The van der Waals surface area contributed by atoms with E-state index in [0.29, 0.717) is 56.7 Å². The van der Waals surface area contributed by atoms with Gasteiger partial charge in [0, 0.05) is 31.8 Å². The Morgan fingerprint density at radius 3 is 2.38 bits per heavy atom. The number of anilines is 2. The molecule has 1 amide bonds. The van der Waals surface area contributed by atoms with E-state index < -0.39 is 0 Å². The molecule has 1 aromatic rings. The topological polar surface area (TPSA) is 89.6 Å². The van der Waals surface area contributed by atoms with Gasteiger partial charge in [0.05, 0.1) is 57.4 Å². The van der Waals surface area contributed by atoms with Gasteiger partial charge in [0.2, 0.25) is 5.91 Å². The monoisotopic (exact) mass is 451 g/mol. The van der Waals surface area contributed by atoms with Crippen molar-refractivity contribution < 1.29 is 28.5 Å². The number of hydrogen-bond acceptors (Lipinski definition) is 8. The fourth-order valence-electron chi connectivity index (χ4n) is 3.61. The van der Waals surface area contributed by atoms with E-state index in [9.17, 15) is 9.59 Å². The van der Waals surface area contributed by atoms with Crippen molar-refractivity contribution in [1.82, 2.24) is 4.90 Å². The molecule has 1 aliphatic heterocycles. The average Bonchev–Trinajstić information content (AvgIpc) is 2.80. The zero-order valence-electron chi connectivity index (χ0n) is 19.9. The zero-order chi connectivity index (χ0) is 23.5. The van der Waals surface area contributed by atoms with E-state index in [1.54, 1.807) is 6.92 Å². The van der Waals surface area contributed by atoms with Gasteiger partial charge >= 0.3 is 5.97 Å². The molecule has 1 unspecified atom stereocenters. The minimum absolute atomic E-state index is 0.151.